The number of piperidine rings is 1. The molecule has 5 nitrogen and oxygen atoms in total. The molecule has 0 aliphatic carbocycles. The zero-order chi connectivity index (χ0) is 16.0. The van der Waals surface area contributed by atoms with Gasteiger partial charge in [0.2, 0.25) is 5.91 Å². The van der Waals surface area contributed by atoms with Crippen LogP contribution in [0.2, 0.25) is 0 Å². The number of hydrogen-bond donors (Lipinski definition) is 1. The van der Waals surface area contributed by atoms with E-state index >= 15 is 0 Å². The number of aromatic nitrogens is 1. The predicted molar refractivity (Wildman–Crippen MR) is 83.3 cm³/mol. The molecule has 120 valence electrons. The number of carbonyl (C=O) groups is 2. The van der Waals surface area contributed by atoms with Crippen LogP contribution >= 0.6 is 0 Å². The van der Waals surface area contributed by atoms with Crippen LogP contribution in [0.1, 0.15) is 44.6 Å². The number of aliphatic carboxylic acids is 1. The topological polar surface area (TPSA) is 70.5 Å². The minimum absolute atomic E-state index is 0.0539. The van der Waals surface area contributed by atoms with Crippen molar-refractivity contribution in [3.63, 3.8) is 0 Å². The summed E-state index contributed by atoms with van der Waals surface area (Å²) < 4.78 is 0. The second-order valence-corrected chi connectivity index (χ2v) is 6.11. The van der Waals surface area contributed by atoms with Crippen molar-refractivity contribution in [2.45, 2.75) is 45.4 Å². The first kappa shape index (κ1) is 16.5. The highest BCUT2D eigenvalue weighted by Gasteiger charge is 2.42. The summed E-state index contributed by atoms with van der Waals surface area (Å²) in [6, 6.07) is 3.81. The highest BCUT2D eigenvalue weighted by molar-refractivity contribution is 5.80. The quantitative estimate of drug-likeness (QED) is 0.876. The fourth-order valence-electron chi connectivity index (χ4n) is 3.27. The Bertz CT molecular complexity index is 514. The molecular weight excluding hydrogens is 280 g/mol. The van der Waals surface area contributed by atoms with Crippen molar-refractivity contribution < 1.29 is 14.7 Å². The molecule has 2 rings (SSSR count). The summed E-state index contributed by atoms with van der Waals surface area (Å²) >= 11 is 0. The van der Waals surface area contributed by atoms with E-state index in [0.29, 0.717) is 38.8 Å². The number of amides is 1. The van der Waals surface area contributed by atoms with Crippen LogP contribution in [0, 0.1) is 5.41 Å². The summed E-state index contributed by atoms with van der Waals surface area (Å²) in [5.74, 6) is -0.709. The van der Waals surface area contributed by atoms with Crippen LogP contribution in [0.3, 0.4) is 0 Å². The lowest BCUT2D eigenvalue weighted by atomic mass is 9.76. The average Bonchev–Trinajstić information content (AvgIpc) is 2.54. The van der Waals surface area contributed by atoms with Crippen molar-refractivity contribution in [2.75, 3.05) is 13.1 Å². The van der Waals surface area contributed by atoms with Crippen LogP contribution in [-0.4, -0.2) is 40.0 Å². The van der Waals surface area contributed by atoms with Gasteiger partial charge in [0.25, 0.3) is 0 Å². The molecule has 1 N–H and O–H groups in total. The Hall–Kier alpha value is -1.91. The van der Waals surface area contributed by atoms with E-state index in [9.17, 15) is 14.7 Å². The first-order chi connectivity index (χ1) is 10.6. The number of nitrogens with zero attached hydrogens (tertiary/aromatic N) is 2. The Morgan fingerprint density at radius 2 is 2.09 bits per heavy atom. The molecule has 1 aliphatic heterocycles. The molecule has 0 aromatic carbocycles. The van der Waals surface area contributed by atoms with Crippen LogP contribution in [0.15, 0.2) is 24.5 Å². The summed E-state index contributed by atoms with van der Waals surface area (Å²) in [4.78, 5) is 29.8. The van der Waals surface area contributed by atoms with Gasteiger partial charge in [-0.3, -0.25) is 14.6 Å². The van der Waals surface area contributed by atoms with Crippen molar-refractivity contribution >= 4 is 11.9 Å². The molecule has 0 saturated carbocycles. The van der Waals surface area contributed by atoms with E-state index in [0.717, 1.165) is 18.4 Å². The van der Waals surface area contributed by atoms with E-state index in [1.165, 1.54) is 0 Å². The van der Waals surface area contributed by atoms with Gasteiger partial charge in [-0.2, -0.15) is 0 Å². The van der Waals surface area contributed by atoms with Gasteiger partial charge in [-0.15, -0.1) is 0 Å². The predicted octanol–water partition coefficient (Wildman–Crippen LogP) is 2.51. The Kier molecular flexibility index (Phi) is 5.52. The highest BCUT2D eigenvalue weighted by Crippen LogP contribution is 2.35. The van der Waals surface area contributed by atoms with Crippen LogP contribution in [0.5, 0.6) is 0 Å². The lowest BCUT2D eigenvalue weighted by Crippen LogP contribution is -2.50. The molecule has 0 bridgehead atoms. The molecule has 1 atom stereocenters. The zero-order valence-electron chi connectivity index (χ0n) is 13.1. The maximum absolute atomic E-state index is 12.4. The SMILES string of the molecule is CCC[C@]1(C(=O)O)CCCN(C(=O)CCc2ccncc2)C1. The van der Waals surface area contributed by atoms with Crippen LogP contribution < -0.4 is 0 Å². The number of carbonyl (C=O) groups excluding carboxylic acids is 1. The minimum atomic E-state index is -0.763. The third-order valence-corrected chi connectivity index (χ3v) is 4.49. The van der Waals surface area contributed by atoms with E-state index in [4.69, 9.17) is 0 Å². The first-order valence-electron chi connectivity index (χ1n) is 7.97. The smallest absolute Gasteiger partial charge is 0.311 e. The normalized spacial score (nSPS) is 21.6. The molecule has 1 amide bonds. The van der Waals surface area contributed by atoms with Crippen LogP contribution in [0.4, 0.5) is 0 Å². The molecule has 0 radical (unpaired) electrons. The van der Waals surface area contributed by atoms with E-state index in [1.54, 1.807) is 17.3 Å². The van der Waals surface area contributed by atoms with Gasteiger partial charge in [0.1, 0.15) is 0 Å². The largest absolute Gasteiger partial charge is 0.481 e. The lowest BCUT2D eigenvalue weighted by molar-refractivity contribution is -0.155. The van der Waals surface area contributed by atoms with E-state index < -0.39 is 11.4 Å². The van der Waals surface area contributed by atoms with Crippen LogP contribution in [0.25, 0.3) is 0 Å². The zero-order valence-corrected chi connectivity index (χ0v) is 13.1. The molecule has 1 aliphatic rings. The van der Waals surface area contributed by atoms with Gasteiger partial charge in [-0.1, -0.05) is 13.3 Å². The molecule has 0 spiro atoms. The maximum atomic E-state index is 12.4. The van der Waals surface area contributed by atoms with Gasteiger partial charge >= 0.3 is 5.97 Å². The average molecular weight is 304 g/mol. The fraction of sp³-hybridized carbons (Fsp3) is 0.588. The molecule has 1 aromatic rings. The number of pyridine rings is 1. The summed E-state index contributed by atoms with van der Waals surface area (Å²) in [5.41, 5.74) is 0.331. The maximum Gasteiger partial charge on any atom is 0.311 e. The van der Waals surface area contributed by atoms with Gasteiger partial charge in [0.05, 0.1) is 5.41 Å². The summed E-state index contributed by atoms with van der Waals surface area (Å²) in [7, 11) is 0. The molecule has 22 heavy (non-hydrogen) atoms. The van der Waals surface area contributed by atoms with Crippen molar-refractivity contribution in [3.8, 4) is 0 Å². The second kappa shape index (κ2) is 7.38. The standard InChI is InChI=1S/C17H24N2O3/c1-2-8-17(16(21)22)9-3-12-19(13-17)15(20)5-4-14-6-10-18-11-7-14/h6-7,10-11H,2-5,8-9,12-13H2,1H3,(H,21,22)/t17-/m0/s1. The summed E-state index contributed by atoms with van der Waals surface area (Å²) in [6.07, 6.45) is 7.44. The monoisotopic (exact) mass is 304 g/mol. The van der Waals surface area contributed by atoms with Crippen molar-refractivity contribution in [2.24, 2.45) is 5.41 Å². The fourth-order valence-corrected chi connectivity index (χ4v) is 3.27. The van der Waals surface area contributed by atoms with E-state index in [2.05, 4.69) is 4.98 Å². The van der Waals surface area contributed by atoms with Gasteiger partial charge < -0.3 is 10.0 Å². The molecule has 0 unspecified atom stereocenters. The molecule has 2 heterocycles. The second-order valence-electron chi connectivity index (χ2n) is 6.11. The van der Waals surface area contributed by atoms with Crippen molar-refractivity contribution in [1.82, 2.24) is 9.88 Å². The number of carboxylic acids is 1. The molecule has 5 heteroatoms. The summed E-state index contributed by atoms with van der Waals surface area (Å²) in [5, 5.41) is 9.58. The number of carboxylic acid groups (broad SMARTS) is 1. The van der Waals surface area contributed by atoms with Crippen molar-refractivity contribution in [3.05, 3.63) is 30.1 Å². The van der Waals surface area contributed by atoms with Crippen molar-refractivity contribution in [1.29, 1.82) is 0 Å². The van der Waals surface area contributed by atoms with Gasteiger partial charge in [0.15, 0.2) is 0 Å². The van der Waals surface area contributed by atoms with Crippen LogP contribution in [-0.2, 0) is 16.0 Å². The highest BCUT2D eigenvalue weighted by atomic mass is 16.4. The third kappa shape index (κ3) is 3.84. The number of likely N-dealkylation sites (tertiary alicyclic amines) is 1. The van der Waals surface area contributed by atoms with Gasteiger partial charge in [-0.25, -0.2) is 0 Å². The van der Waals surface area contributed by atoms with Gasteiger partial charge in [0, 0.05) is 31.9 Å². The Labute approximate surface area is 131 Å². The van der Waals surface area contributed by atoms with E-state index in [1.807, 2.05) is 19.1 Å². The van der Waals surface area contributed by atoms with E-state index in [-0.39, 0.29) is 5.91 Å². The lowest BCUT2D eigenvalue weighted by Gasteiger charge is -2.40. The molecule has 1 saturated heterocycles. The molecule has 1 fully saturated rings. The molecule has 1 aromatic heterocycles. The third-order valence-electron chi connectivity index (χ3n) is 4.49. The summed E-state index contributed by atoms with van der Waals surface area (Å²) in [6.45, 7) is 3.02. The Morgan fingerprint density at radius 1 is 1.36 bits per heavy atom. The molecular formula is C17H24N2O3. The number of hydrogen-bond acceptors (Lipinski definition) is 3. The number of rotatable bonds is 6. The minimum Gasteiger partial charge on any atom is -0.481 e. The Morgan fingerprint density at radius 3 is 2.73 bits per heavy atom. The number of aryl methyl sites for hydroxylation is 1. The first-order valence-corrected chi connectivity index (χ1v) is 7.97. The van der Waals surface area contributed by atoms with Gasteiger partial charge in [-0.05, 0) is 43.4 Å². The Balaban J connectivity index is 1.96.